The van der Waals surface area contributed by atoms with E-state index < -0.39 is 0 Å². The molecule has 0 saturated carbocycles. The summed E-state index contributed by atoms with van der Waals surface area (Å²) in [6.07, 6.45) is 1.14. The number of amides is 1. The van der Waals surface area contributed by atoms with Gasteiger partial charge in [0.2, 0.25) is 0 Å². The van der Waals surface area contributed by atoms with E-state index in [1.54, 1.807) is 24.0 Å². The molecule has 0 aromatic heterocycles. The predicted molar refractivity (Wildman–Crippen MR) is 90.8 cm³/mol. The molecule has 0 aliphatic heterocycles. The fourth-order valence-corrected chi connectivity index (χ4v) is 2.23. The zero-order chi connectivity index (χ0) is 16.5. The van der Waals surface area contributed by atoms with E-state index in [-0.39, 0.29) is 18.3 Å². The Morgan fingerprint density at radius 3 is 2.36 bits per heavy atom. The number of rotatable bonds is 8. The molecule has 0 fully saturated rings. The number of hydrogen-bond acceptors (Lipinski definition) is 3. The second-order valence-electron chi connectivity index (χ2n) is 5.54. The number of ether oxygens (including phenoxy) is 1. The zero-order valence-electron chi connectivity index (χ0n) is 13.5. The third kappa shape index (κ3) is 6.60. The lowest BCUT2D eigenvalue weighted by molar-refractivity contribution is -0.143. The average molecular weight is 370 g/mol. The first-order valence-corrected chi connectivity index (χ1v) is 8.43. The molecule has 0 aliphatic rings. The maximum absolute atomic E-state index is 12.6. The topological polar surface area (TPSA) is 46.6 Å². The highest BCUT2D eigenvalue weighted by Crippen LogP contribution is 2.14. The first-order valence-electron chi connectivity index (χ1n) is 7.64. The smallest absolute Gasteiger partial charge is 0.307 e. The third-order valence-electron chi connectivity index (χ3n) is 3.25. The minimum atomic E-state index is -0.263. The van der Waals surface area contributed by atoms with Gasteiger partial charge in [-0.2, -0.15) is 0 Å². The van der Waals surface area contributed by atoms with E-state index in [9.17, 15) is 9.59 Å². The van der Waals surface area contributed by atoms with Gasteiger partial charge >= 0.3 is 5.97 Å². The van der Waals surface area contributed by atoms with E-state index in [0.717, 1.165) is 10.9 Å². The molecule has 0 saturated heterocycles. The van der Waals surface area contributed by atoms with Crippen LogP contribution in [0.4, 0.5) is 0 Å². The Kier molecular flexibility index (Phi) is 8.17. The van der Waals surface area contributed by atoms with Gasteiger partial charge in [0.15, 0.2) is 0 Å². The van der Waals surface area contributed by atoms with Gasteiger partial charge < -0.3 is 9.64 Å². The Labute approximate surface area is 141 Å². The highest BCUT2D eigenvalue weighted by Gasteiger charge is 2.17. The number of halogens is 1. The first kappa shape index (κ1) is 18.7. The quantitative estimate of drug-likeness (QED) is 0.653. The van der Waals surface area contributed by atoms with Gasteiger partial charge in [-0.15, -0.1) is 0 Å². The van der Waals surface area contributed by atoms with E-state index >= 15 is 0 Å². The van der Waals surface area contributed by atoms with Crippen molar-refractivity contribution in [1.29, 1.82) is 0 Å². The van der Waals surface area contributed by atoms with Crippen molar-refractivity contribution in [2.24, 2.45) is 5.92 Å². The summed E-state index contributed by atoms with van der Waals surface area (Å²) in [6, 6.07) is 7.27. The van der Waals surface area contributed by atoms with Crippen molar-refractivity contribution in [2.75, 3.05) is 19.7 Å². The van der Waals surface area contributed by atoms with Crippen molar-refractivity contribution in [3.63, 3.8) is 0 Å². The standard InChI is InChI=1S/C17H24BrNO3/c1-4-22-16(20)10-12-19(11-9-13(2)3)17(21)14-5-7-15(18)8-6-14/h5-8,13H,4,9-12H2,1-3H3. The number of hydrogen-bond donors (Lipinski definition) is 0. The summed E-state index contributed by atoms with van der Waals surface area (Å²) >= 11 is 3.36. The minimum absolute atomic E-state index is 0.0440. The second-order valence-corrected chi connectivity index (χ2v) is 6.45. The molecule has 0 heterocycles. The highest BCUT2D eigenvalue weighted by atomic mass is 79.9. The minimum Gasteiger partial charge on any atom is -0.466 e. The number of carbonyl (C=O) groups excluding carboxylic acids is 2. The molecule has 0 radical (unpaired) electrons. The van der Waals surface area contributed by atoms with Gasteiger partial charge in [-0.3, -0.25) is 9.59 Å². The van der Waals surface area contributed by atoms with Crippen LogP contribution in [-0.2, 0) is 9.53 Å². The van der Waals surface area contributed by atoms with Crippen LogP contribution in [0.1, 0.15) is 44.0 Å². The van der Waals surface area contributed by atoms with Crippen LogP contribution in [-0.4, -0.2) is 36.5 Å². The number of benzene rings is 1. The molecule has 0 N–H and O–H groups in total. The molecule has 0 bridgehead atoms. The van der Waals surface area contributed by atoms with Gasteiger partial charge in [-0.25, -0.2) is 0 Å². The molecular weight excluding hydrogens is 346 g/mol. The molecule has 0 aliphatic carbocycles. The third-order valence-corrected chi connectivity index (χ3v) is 3.77. The fraction of sp³-hybridized carbons (Fsp3) is 0.529. The van der Waals surface area contributed by atoms with Crippen LogP contribution >= 0.6 is 15.9 Å². The summed E-state index contributed by atoms with van der Waals surface area (Å²) in [5, 5.41) is 0. The van der Waals surface area contributed by atoms with Crippen LogP contribution < -0.4 is 0 Å². The number of carbonyl (C=O) groups is 2. The predicted octanol–water partition coefficient (Wildman–Crippen LogP) is 3.89. The van der Waals surface area contributed by atoms with E-state index in [4.69, 9.17) is 4.74 Å². The molecule has 122 valence electrons. The number of nitrogens with zero attached hydrogens (tertiary/aromatic N) is 1. The van der Waals surface area contributed by atoms with Crippen LogP contribution in [0.25, 0.3) is 0 Å². The Morgan fingerprint density at radius 1 is 1.18 bits per heavy atom. The maximum atomic E-state index is 12.6. The zero-order valence-corrected chi connectivity index (χ0v) is 15.1. The molecule has 1 aromatic carbocycles. The maximum Gasteiger partial charge on any atom is 0.307 e. The van der Waals surface area contributed by atoms with Crippen LogP contribution in [0.5, 0.6) is 0 Å². The molecule has 1 rings (SSSR count). The Balaban J connectivity index is 2.72. The van der Waals surface area contributed by atoms with Crippen molar-refractivity contribution in [2.45, 2.75) is 33.6 Å². The highest BCUT2D eigenvalue weighted by molar-refractivity contribution is 9.10. The van der Waals surface area contributed by atoms with Crippen LogP contribution in [0, 0.1) is 5.92 Å². The summed E-state index contributed by atoms with van der Waals surface area (Å²) in [7, 11) is 0. The van der Waals surface area contributed by atoms with Gasteiger partial charge in [0.1, 0.15) is 0 Å². The van der Waals surface area contributed by atoms with Crippen LogP contribution in [0.2, 0.25) is 0 Å². The van der Waals surface area contributed by atoms with E-state index in [1.807, 2.05) is 12.1 Å². The lowest BCUT2D eigenvalue weighted by Crippen LogP contribution is -2.34. The summed E-state index contributed by atoms with van der Waals surface area (Å²) < 4.78 is 5.87. The Hall–Kier alpha value is -1.36. The summed E-state index contributed by atoms with van der Waals surface area (Å²) in [4.78, 5) is 25.9. The van der Waals surface area contributed by atoms with Crippen molar-refractivity contribution < 1.29 is 14.3 Å². The second kappa shape index (κ2) is 9.62. The summed E-state index contributed by atoms with van der Waals surface area (Å²) in [5.74, 6) is 0.195. The van der Waals surface area contributed by atoms with Crippen LogP contribution in [0.3, 0.4) is 0 Å². The van der Waals surface area contributed by atoms with Gasteiger partial charge in [-0.05, 0) is 43.5 Å². The monoisotopic (exact) mass is 369 g/mol. The van der Waals surface area contributed by atoms with E-state index in [0.29, 0.717) is 31.2 Å². The number of esters is 1. The molecule has 1 amide bonds. The van der Waals surface area contributed by atoms with E-state index in [2.05, 4.69) is 29.8 Å². The normalized spacial score (nSPS) is 10.6. The molecule has 22 heavy (non-hydrogen) atoms. The summed E-state index contributed by atoms with van der Waals surface area (Å²) in [5.41, 5.74) is 0.635. The Morgan fingerprint density at radius 2 is 1.82 bits per heavy atom. The SMILES string of the molecule is CCOC(=O)CCN(CCC(C)C)C(=O)c1ccc(Br)cc1. The van der Waals surface area contributed by atoms with Gasteiger partial charge in [0.25, 0.3) is 5.91 Å². The molecule has 4 nitrogen and oxygen atoms in total. The lowest BCUT2D eigenvalue weighted by Gasteiger charge is -2.23. The average Bonchev–Trinajstić information content (AvgIpc) is 2.47. The van der Waals surface area contributed by atoms with Crippen molar-refractivity contribution in [3.05, 3.63) is 34.3 Å². The van der Waals surface area contributed by atoms with Gasteiger partial charge in [0.05, 0.1) is 13.0 Å². The largest absolute Gasteiger partial charge is 0.466 e. The summed E-state index contributed by atoms with van der Waals surface area (Å²) in [6.45, 7) is 7.42. The molecule has 0 atom stereocenters. The molecule has 5 heteroatoms. The first-order chi connectivity index (χ1) is 10.4. The molecule has 0 unspecified atom stereocenters. The fourth-order valence-electron chi connectivity index (χ4n) is 1.96. The van der Waals surface area contributed by atoms with Gasteiger partial charge in [0, 0.05) is 23.1 Å². The van der Waals surface area contributed by atoms with Crippen molar-refractivity contribution in [1.82, 2.24) is 4.90 Å². The molecular formula is C17H24BrNO3. The Bertz CT molecular complexity index is 485. The molecule has 1 aromatic rings. The van der Waals surface area contributed by atoms with E-state index in [1.165, 1.54) is 0 Å². The van der Waals surface area contributed by atoms with Gasteiger partial charge in [-0.1, -0.05) is 29.8 Å². The van der Waals surface area contributed by atoms with Crippen molar-refractivity contribution in [3.8, 4) is 0 Å². The molecule has 0 spiro atoms. The van der Waals surface area contributed by atoms with Crippen molar-refractivity contribution >= 4 is 27.8 Å². The lowest BCUT2D eigenvalue weighted by atomic mass is 10.1. The van der Waals surface area contributed by atoms with Crippen LogP contribution in [0.15, 0.2) is 28.7 Å².